The number of carbonyl (C=O) groups excluding carboxylic acids is 1. The zero-order chi connectivity index (χ0) is 18.9. The number of anilines is 1. The largest absolute Gasteiger partial charge is 0.418 e. The summed E-state index contributed by atoms with van der Waals surface area (Å²) in [5, 5.41) is 2.47. The normalized spacial score (nSPS) is 17.1. The van der Waals surface area contributed by atoms with Gasteiger partial charge in [0.15, 0.2) is 0 Å². The number of halogens is 3. The third-order valence-corrected chi connectivity index (χ3v) is 4.81. The minimum Gasteiger partial charge on any atom is -0.345 e. The van der Waals surface area contributed by atoms with E-state index in [1.165, 1.54) is 18.2 Å². The van der Waals surface area contributed by atoms with Gasteiger partial charge in [-0.1, -0.05) is 25.5 Å². The summed E-state index contributed by atoms with van der Waals surface area (Å²) in [6.07, 6.45) is -2.88. The van der Waals surface area contributed by atoms with Gasteiger partial charge in [-0.05, 0) is 37.6 Å². The molecule has 0 bridgehead atoms. The molecule has 0 spiro atoms. The Kier molecular flexibility index (Phi) is 4.98. The summed E-state index contributed by atoms with van der Waals surface area (Å²) in [6, 6.07) is 8.44. The number of urea groups is 1. The van der Waals surface area contributed by atoms with E-state index in [0.29, 0.717) is 13.1 Å². The number of para-hydroxylation sites is 1. The van der Waals surface area contributed by atoms with E-state index in [1.54, 1.807) is 4.90 Å². The Hall–Kier alpha value is -2.44. The average molecular weight is 365 g/mol. The van der Waals surface area contributed by atoms with Crippen LogP contribution in [0.2, 0.25) is 0 Å². The van der Waals surface area contributed by atoms with Crippen LogP contribution in [0.4, 0.5) is 23.7 Å². The van der Waals surface area contributed by atoms with Gasteiger partial charge in [0.2, 0.25) is 0 Å². The molecule has 4 nitrogen and oxygen atoms in total. The highest BCUT2D eigenvalue weighted by molar-refractivity contribution is 5.90. The fourth-order valence-electron chi connectivity index (χ4n) is 3.56. The van der Waals surface area contributed by atoms with E-state index in [-0.39, 0.29) is 11.7 Å². The van der Waals surface area contributed by atoms with Gasteiger partial charge < -0.3 is 14.8 Å². The van der Waals surface area contributed by atoms with Crippen LogP contribution in [0.3, 0.4) is 0 Å². The predicted molar refractivity (Wildman–Crippen MR) is 94.0 cm³/mol. The Labute approximate surface area is 150 Å². The molecule has 1 aliphatic heterocycles. The Balaban J connectivity index is 1.86. The molecule has 0 aliphatic carbocycles. The molecule has 1 atom stereocenters. The van der Waals surface area contributed by atoms with Crippen LogP contribution in [0.1, 0.15) is 42.8 Å². The van der Waals surface area contributed by atoms with Gasteiger partial charge in [-0.3, -0.25) is 0 Å². The van der Waals surface area contributed by atoms with E-state index in [1.807, 2.05) is 26.0 Å². The van der Waals surface area contributed by atoms with Crippen LogP contribution in [0, 0.1) is 6.92 Å². The molecule has 3 rings (SSSR count). The summed E-state index contributed by atoms with van der Waals surface area (Å²) in [4.78, 5) is 14.4. The van der Waals surface area contributed by atoms with Crippen molar-refractivity contribution < 1.29 is 18.0 Å². The van der Waals surface area contributed by atoms with Gasteiger partial charge in [0.25, 0.3) is 0 Å². The number of fused-ring (bicyclic) bond motifs is 1. The second-order valence-electron chi connectivity index (χ2n) is 6.52. The Morgan fingerprint density at radius 1 is 1.19 bits per heavy atom. The van der Waals surface area contributed by atoms with Crippen LogP contribution in [-0.2, 0) is 12.7 Å². The molecule has 0 saturated heterocycles. The minimum atomic E-state index is -4.51. The van der Waals surface area contributed by atoms with Gasteiger partial charge in [-0.25, -0.2) is 4.79 Å². The highest BCUT2D eigenvalue weighted by Gasteiger charge is 2.35. The summed E-state index contributed by atoms with van der Waals surface area (Å²) in [5.74, 6) is 0. The number of rotatable bonds is 3. The molecule has 0 unspecified atom stereocenters. The van der Waals surface area contributed by atoms with Gasteiger partial charge in [0, 0.05) is 24.5 Å². The van der Waals surface area contributed by atoms with E-state index in [2.05, 4.69) is 9.88 Å². The second kappa shape index (κ2) is 7.05. The number of hydrogen-bond acceptors (Lipinski definition) is 1. The molecular weight excluding hydrogens is 343 g/mol. The van der Waals surface area contributed by atoms with Crippen LogP contribution in [0.25, 0.3) is 0 Å². The quantitative estimate of drug-likeness (QED) is 0.797. The number of amides is 2. The standard InChI is InChI=1S/C19H22F3N3O/c1-3-6-16-17-10-9-13(2)24(17)11-12-25(16)18(26)23-15-8-5-4-7-14(15)19(20,21)22/h4-5,7-10,16H,3,6,11-12H2,1-2H3,(H,23,26)/t16-/m0/s1. The van der Waals surface area contributed by atoms with Gasteiger partial charge in [0.05, 0.1) is 17.3 Å². The SMILES string of the molecule is CCC[C@H]1c2ccc(C)n2CCN1C(=O)Nc1ccccc1C(F)(F)F. The van der Waals surface area contributed by atoms with Crippen molar-refractivity contribution in [1.82, 2.24) is 9.47 Å². The second-order valence-corrected chi connectivity index (χ2v) is 6.52. The van der Waals surface area contributed by atoms with E-state index >= 15 is 0 Å². The molecule has 1 N–H and O–H groups in total. The van der Waals surface area contributed by atoms with Crippen molar-refractivity contribution in [3.05, 3.63) is 53.3 Å². The number of alkyl halides is 3. The summed E-state index contributed by atoms with van der Waals surface area (Å²) >= 11 is 0. The lowest BCUT2D eigenvalue weighted by Gasteiger charge is -2.37. The minimum absolute atomic E-state index is 0.138. The summed E-state index contributed by atoms with van der Waals surface area (Å²) in [6.45, 7) is 5.15. The maximum Gasteiger partial charge on any atom is 0.418 e. The maximum absolute atomic E-state index is 13.2. The molecule has 7 heteroatoms. The van der Waals surface area contributed by atoms with Crippen molar-refractivity contribution in [3.8, 4) is 0 Å². The molecular formula is C19H22F3N3O. The highest BCUT2D eigenvalue weighted by atomic mass is 19.4. The average Bonchev–Trinajstić information content (AvgIpc) is 2.96. The van der Waals surface area contributed by atoms with E-state index in [4.69, 9.17) is 0 Å². The fourth-order valence-corrected chi connectivity index (χ4v) is 3.56. The van der Waals surface area contributed by atoms with E-state index < -0.39 is 17.8 Å². The van der Waals surface area contributed by atoms with Gasteiger partial charge >= 0.3 is 12.2 Å². The number of benzene rings is 1. The van der Waals surface area contributed by atoms with Crippen molar-refractivity contribution in [2.75, 3.05) is 11.9 Å². The summed E-state index contributed by atoms with van der Waals surface area (Å²) < 4.78 is 41.7. The summed E-state index contributed by atoms with van der Waals surface area (Å²) in [7, 11) is 0. The van der Waals surface area contributed by atoms with Crippen LogP contribution < -0.4 is 5.32 Å². The van der Waals surface area contributed by atoms with Gasteiger partial charge in [-0.15, -0.1) is 0 Å². The topological polar surface area (TPSA) is 37.3 Å². The molecule has 1 aromatic heterocycles. The first-order valence-corrected chi connectivity index (χ1v) is 8.72. The molecule has 0 radical (unpaired) electrons. The molecule has 0 saturated carbocycles. The summed E-state index contributed by atoms with van der Waals surface area (Å²) in [5.41, 5.74) is 1.12. The zero-order valence-corrected chi connectivity index (χ0v) is 14.8. The maximum atomic E-state index is 13.2. The Bertz CT molecular complexity index is 798. The molecule has 1 aliphatic rings. The lowest BCUT2D eigenvalue weighted by atomic mass is 10.0. The van der Waals surface area contributed by atoms with Crippen LogP contribution in [0.15, 0.2) is 36.4 Å². The number of hydrogen-bond donors (Lipinski definition) is 1. The molecule has 1 aromatic carbocycles. The smallest absolute Gasteiger partial charge is 0.345 e. The highest BCUT2D eigenvalue weighted by Crippen LogP contribution is 2.36. The zero-order valence-electron chi connectivity index (χ0n) is 14.8. The number of nitrogens with zero attached hydrogens (tertiary/aromatic N) is 2. The monoisotopic (exact) mass is 365 g/mol. The molecule has 2 aromatic rings. The molecule has 0 fully saturated rings. The lowest BCUT2D eigenvalue weighted by Crippen LogP contribution is -2.44. The third-order valence-electron chi connectivity index (χ3n) is 4.81. The lowest BCUT2D eigenvalue weighted by molar-refractivity contribution is -0.136. The van der Waals surface area contributed by atoms with Crippen molar-refractivity contribution in [1.29, 1.82) is 0 Å². The third kappa shape index (κ3) is 3.43. The van der Waals surface area contributed by atoms with E-state index in [0.717, 1.165) is 30.3 Å². The molecule has 26 heavy (non-hydrogen) atoms. The van der Waals surface area contributed by atoms with Crippen molar-refractivity contribution >= 4 is 11.7 Å². The first-order valence-electron chi connectivity index (χ1n) is 8.72. The number of nitrogens with one attached hydrogen (secondary N) is 1. The number of aryl methyl sites for hydroxylation is 1. The first kappa shape index (κ1) is 18.4. The number of carbonyl (C=O) groups is 1. The number of aromatic nitrogens is 1. The van der Waals surface area contributed by atoms with Crippen LogP contribution in [0.5, 0.6) is 0 Å². The Morgan fingerprint density at radius 3 is 2.62 bits per heavy atom. The van der Waals surface area contributed by atoms with Crippen molar-refractivity contribution in [2.45, 2.75) is 45.5 Å². The van der Waals surface area contributed by atoms with Crippen molar-refractivity contribution in [2.24, 2.45) is 0 Å². The van der Waals surface area contributed by atoms with E-state index in [9.17, 15) is 18.0 Å². The molecule has 2 amide bonds. The van der Waals surface area contributed by atoms with Crippen LogP contribution >= 0.6 is 0 Å². The van der Waals surface area contributed by atoms with Gasteiger partial charge in [-0.2, -0.15) is 13.2 Å². The predicted octanol–water partition coefficient (Wildman–Crippen LogP) is 5.20. The molecule has 2 heterocycles. The fraction of sp³-hybridized carbons (Fsp3) is 0.421. The van der Waals surface area contributed by atoms with Crippen LogP contribution in [-0.4, -0.2) is 22.0 Å². The van der Waals surface area contributed by atoms with Crippen molar-refractivity contribution in [3.63, 3.8) is 0 Å². The van der Waals surface area contributed by atoms with Gasteiger partial charge in [0.1, 0.15) is 0 Å². The Morgan fingerprint density at radius 2 is 1.92 bits per heavy atom. The molecule has 140 valence electrons. The first-order chi connectivity index (χ1) is 12.3.